The number of carbonyl (C=O) groups excluding carboxylic acids is 1. The van der Waals surface area contributed by atoms with Gasteiger partial charge in [0.05, 0.1) is 11.2 Å². The Balaban J connectivity index is 1.89. The van der Waals surface area contributed by atoms with Crippen LogP contribution in [0.25, 0.3) is 0 Å². The molecule has 5 nitrogen and oxygen atoms in total. The summed E-state index contributed by atoms with van der Waals surface area (Å²) in [6.07, 6.45) is -2.64. The number of piperidine rings is 1. The molecule has 2 heterocycles. The van der Waals surface area contributed by atoms with Crippen molar-refractivity contribution in [3.05, 3.63) is 35.9 Å². The maximum Gasteiger partial charge on any atom is 0.240 e. The van der Waals surface area contributed by atoms with E-state index in [1.807, 2.05) is 62.9 Å². The first-order chi connectivity index (χ1) is 12.2. The minimum Gasteiger partial charge on any atom is -0.365 e. The smallest absolute Gasteiger partial charge is 0.240 e. The van der Waals surface area contributed by atoms with E-state index in [0.717, 1.165) is 5.56 Å². The lowest BCUT2D eigenvalue weighted by atomic mass is 9.83. The van der Waals surface area contributed by atoms with E-state index in [0.29, 0.717) is 13.1 Å². The van der Waals surface area contributed by atoms with E-state index in [2.05, 4.69) is 5.32 Å². The van der Waals surface area contributed by atoms with Gasteiger partial charge >= 0.3 is 0 Å². The minimum absolute atomic E-state index is 0.335. The number of hydrogen-bond donors (Lipinski definition) is 1. The Morgan fingerprint density at radius 2 is 1.81 bits per heavy atom. The number of carbonyl (C=O) groups is 1. The molecular weight excluding hydrogens is 335 g/mol. The summed E-state index contributed by atoms with van der Waals surface area (Å²) in [5, 5.41) is 2.60. The zero-order chi connectivity index (χ0) is 19.1. The number of nitrogens with zero attached hydrogens (tertiary/aromatic N) is 1. The van der Waals surface area contributed by atoms with Gasteiger partial charge in [0.25, 0.3) is 0 Å². The van der Waals surface area contributed by atoms with Crippen molar-refractivity contribution >= 4 is 5.91 Å². The highest BCUT2D eigenvalue weighted by atomic mass is 19.1. The number of hydrogen-bond acceptors (Lipinski definition) is 4. The molecule has 6 heteroatoms. The number of amides is 1. The second-order valence-corrected chi connectivity index (χ2v) is 8.18. The number of likely N-dealkylation sites (tertiary alicyclic amines) is 1. The summed E-state index contributed by atoms with van der Waals surface area (Å²) in [6, 6.07) is 8.87. The van der Waals surface area contributed by atoms with Gasteiger partial charge in [-0.15, -0.1) is 0 Å². The van der Waals surface area contributed by atoms with Crippen molar-refractivity contribution in [3.63, 3.8) is 0 Å². The van der Waals surface area contributed by atoms with Crippen LogP contribution >= 0.6 is 0 Å². The summed E-state index contributed by atoms with van der Waals surface area (Å²) in [4.78, 5) is 14.3. The molecule has 2 aliphatic rings. The van der Waals surface area contributed by atoms with E-state index < -0.39 is 35.6 Å². The lowest BCUT2D eigenvalue weighted by molar-refractivity contribution is -0.320. The molecule has 0 bridgehead atoms. The van der Waals surface area contributed by atoms with E-state index in [1.54, 1.807) is 0 Å². The van der Waals surface area contributed by atoms with Gasteiger partial charge in [0, 0.05) is 20.1 Å². The third kappa shape index (κ3) is 3.38. The molecule has 4 atom stereocenters. The molecule has 144 valence electrons. The number of benzene rings is 1. The number of nitrogens with one attached hydrogen (secondary N) is 1. The van der Waals surface area contributed by atoms with Crippen LogP contribution in [0.5, 0.6) is 0 Å². The zero-order valence-electron chi connectivity index (χ0n) is 16.2. The summed E-state index contributed by atoms with van der Waals surface area (Å²) < 4.78 is 27.8. The molecule has 1 N–H and O–H groups in total. The van der Waals surface area contributed by atoms with Crippen LogP contribution in [-0.4, -0.2) is 60.0 Å². The first-order valence-corrected chi connectivity index (χ1v) is 9.15. The first-order valence-electron chi connectivity index (χ1n) is 9.15. The minimum atomic E-state index is -1.47. The number of halogens is 1. The van der Waals surface area contributed by atoms with Gasteiger partial charge in [-0.2, -0.15) is 0 Å². The maximum atomic E-state index is 15.5. The average Bonchev–Trinajstić information content (AvgIpc) is 2.57. The number of alkyl halides is 1. The highest BCUT2D eigenvalue weighted by Gasteiger charge is 2.57. The van der Waals surface area contributed by atoms with E-state index >= 15 is 4.39 Å². The predicted octanol–water partition coefficient (Wildman–Crippen LogP) is 2.30. The van der Waals surface area contributed by atoms with E-state index in [9.17, 15) is 4.79 Å². The van der Waals surface area contributed by atoms with Gasteiger partial charge in [0.15, 0.2) is 6.17 Å². The fraction of sp³-hybridized carbons (Fsp3) is 0.650. The second kappa shape index (κ2) is 6.91. The van der Waals surface area contributed by atoms with Crippen molar-refractivity contribution in [1.29, 1.82) is 0 Å². The summed E-state index contributed by atoms with van der Waals surface area (Å²) in [6.45, 7) is 8.65. The SMILES string of the molecule is CNC(=O)[C@@H]1[C@@H](F)[C@H]2OC(C)(C)C(C)(C)O[C@@H]2CN1Cc1ccccc1. The topological polar surface area (TPSA) is 50.8 Å². The largest absolute Gasteiger partial charge is 0.365 e. The van der Waals surface area contributed by atoms with Crippen molar-refractivity contribution in [3.8, 4) is 0 Å². The quantitative estimate of drug-likeness (QED) is 0.894. The Kier molecular flexibility index (Phi) is 5.12. The molecule has 0 spiro atoms. The Morgan fingerprint density at radius 1 is 1.19 bits per heavy atom. The monoisotopic (exact) mass is 364 g/mol. The van der Waals surface area contributed by atoms with Gasteiger partial charge in [0.1, 0.15) is 18.2 Å². The van der Waals surface area contributed by atoms with Crippen LogP contribution in [0.2, 0.25) is 0 Å². The van der Waals surface area contributed by atoms with Crippen LogP contribution < -0.4 is 5.32 Å². The summed E-state index contributed by atoms with van der Waals surface area (Å²) >= 11 is 0. The summed E-state index contributed by atoms with van der Waals surface area (Å²) in [5.41, 5.74) is -0.164. The Morgan fingerprint density at radius 3 is 2.42 bits per heavy atom. The van der Waals surface area contributed by atoms with Crippen molar-refractivity contribution in [1.82, 2.24) is 10.2 Å². The van der Waals surface area contributed by atoms with E-state index in [-0.39, 0.29) is 5.91 Å². The fourth-order valence-electron chi connectivity index (χ4n) is 3.72. The summed E-state index contributed by atoms with van der Waals surface area (Å²) in [5.74, 6) is -0.335. The molecule has 1 aromatic carbocycles. The molecule has 1 amide bonds. The predicted molar refractivity (Wildman–Crippen MR) is 97.5 cm³/mol. The van der Waals surface area contributed by atoms with Crippen molar-refractivity contribution in [2.24, 2.45) is 0 Å². The second-order valence-electron chi connectivity index (χ2n) is 8.18. The molecule has 3 rings (SSSR count). The lowest BCUT2D eigenvalue weighted by Gasteiger charge is -2.56. The Hall–Kier alpha value is -1.50. The van der Waals surface area contributed by atoms with Gasteiger partial charge in [-0.3, -0.25) is 9.69 Å². The zero-order valence-corrected chi connectivity index (χ0v) is 16.2. The highest BCUT2D eigenvalue weighted by Crippen LogP contribution is 2.42. The molecule has 26 heavy (non-hydrogen) atoms. The van der Waals surface area contributed by atoms with Gasteiger partial charge < -0.3 is 14.8 Å². The van der Waals surface area contributed by atoms with Gasteiger partial charge in [-0.25, -0.2) is 4.39 Å². The van der Waals surface area contributed by atoms with Gasteiger partial charge in [-0.05, 0) is 33.3 Å². The van der Waals surface area contributed by atoms with Gasteiger partial charge in [-0.1, -0.05) is 30.3 Å². The molecule has 0 aliphatic carbocycles. The number of fused-ring (bicyclic) bond motifs is 1. The van der Waals surface area contributed by atoms with Crippen LogP contribution in [0.4, 0.5) is 4.39 Å². The Bertz CT molecular complexity index is 650. The molecule has 0 radical (unpaired) electrons. The molecular formula is C20H29FN2O3. The van der Waals surface area contributed by atoms with Crippen molar-refractivity contribution in [2.45, 2.75) is 69.9 Å². The molecule has 2 fully saturated rings. The molecule has 1 aromatic rings. The Labute approximate surface area is 154 Å². The van der Waals surface area contributed by atoms with Crippen LogP contribution in [-0.2, 0) is 20.8 Å². The maximum absolute atomic E-state index is 15.5. The normalized spacial score (nSPS) is 33.3. The van der Waals surface area contributed by atoms with Crippen molar-refractivity contribution < 1.29 is 18.7 Å². The van der Waals surface area contributed by atoms with Crippen LogP contribution in [0.15, 0.2) is 30.3 Å². The van der Waals surface area contributed by atoms with Gasteiger partial charge in [0.2, 0.25) is 5.91 Å². The van der Waals surface area contributed by atoms with E-state index in [1.165, 1.54) is 7.05 Å². The average molecular weight is 364 g/mol. The number of likely N-dealkylation sites (N-methyl/N-ethyl adjacent to an activating group) is 1. The fourth-order valence-corrected chi connectivity index (χ4v) is 3.72. The molecule has 0 saturated carbocycles. The molecule has 2 saturated heterocycles. The van der Waals surface area contributed by atoms with Crippen LogP contribution in [0.1, 0.15) is 33.3 Å². The lowest BCUT2D eigenvalue weighted by Crippen LogP contribution is -2.71. The van der Waals surface area contributed by atoms with Crippen LogP contribution in [0, 0.1) is 0 Å². The number of rotatable bonds is 3. The molecule has 2 aliphatic heterocycles. The standard InChI is InChI=1S/C20H29FN2O3/c1-19(2)20(3,4)26-17-14(25-19)12-23(11-13-9-7-6-8-10-13)16(15(17)21)18(24)22-5/h6-10,14-17H,11-12H2,1-5H3,(H,22,24)/t14-,15-,16+,17+/m1/s1. The first kappa shape index (κ1) is 19.3. The van der Waals surface area contributed by atoms with Crippen molar-refractivity contribution in [2.75, 3.05) is 13.6 Å². The highest BCUT2D eigenvalue weighted by molar-refractivity contribution is 5.82. The van der Waals surface area contributed by atoms with E-state index in [4.69, 9.17) is 9.47 Å². The summed E-state index contributed by atoms with van der Waals surface area (Å²) in [7, 11) is 1.53. The third-order valence-electron chi connectivity index (χ3n) is 5.86. The third-order valence-corrected chi connectivity index (χ3v) is 5.86. The van der Waals surface area contributed by atoms with Crippen LogP contribution in [0.3, 0.4) is 0 Å². The molecule has 0 unspecified atom stereocenters. The molecule has 0 aromatic heterocycles. The number of ether oxygens (including phenoxy) is 2.